The van der Waals surface area contributed by atoms with Gasteiger partial charge in [0.1, 0.15) is 5.82 Å². The molecule has 1 aromatic rings. The highest BCUT2D eigenvalue weighted by atomic mass is 16.6. The molecular weight excluding hydrogens is 256 g/mol. The molecule has 108 valence electrons. The molecule has 1 saturated carbocycles. The number of nitrogens with zero attached hydrogens (tertiary/aromatic N) is 3. The van der Waals surface area contributed by atoms with E-state index < -0.39 is 0 Å². The summed E-state index contributed by atoms with van der Waals surface area (Å²) in [6, 6.07) is 3.66. The minimum Gasteiger partial charge on any atom is -0.373 e. The summed E-state index contributed by atoms with van der Waals surface area (Å²) >= 11 is 0. The van der Waals surface area contributed by atoms with Gasteiger partial charge in [0.15, 0.2) is 0 Å². The summed E-state index contributed by atoms with van der Waals surface area (Å²) in [5.41, 5.74) is 0.122. The molecule has 0 spiro atoms. The standard InChI is InChI=1S/C14H20N4O2/c1-15-13-8-7-12(18(19)20)14(16-13)17-9-3-5-10-4-2-6-11(10)17/h7-8,10-11H,2-6,9H2,1H3,(H,15,16). The number of pyridine rings is 1. The molecule has 6 nitrogen and oxygen atoms in total. The highest BCUT2D eigenvalue weighted by molar-refractivity contribution is 5.62. The smallest absolute Gasteiger partial charge is 0.311 e. The Kier molecular flexibility index (Phi) is 3.46. The number of nitro groups is 1. The fraction of sp³-hybridized carbons (Fsp3) is 0.643. The summed E-state index contributed by atoms with van der Waals surface area (Å²) in [6.07, 6.45) is 5.96. The molecule has 0 aromatic carbocycles. The van der Waals surface area contributed by atoms with Crippen molar-refractivity contribution in [1.82, 2.24) is 4.98 Å². The number of rotatable bonds is 3. The maximum absolute atomic E-state index is 11.3. The Balaban J connectivity index is 2.00. The van der Waals surface area contributed by atoms with Crippen LogP contribution in [-0.2, 0) is 0 Å². The lowest BCUT2D eigenvalue weighted by Gasteiger charge is -2.38. The number of aromatic nitrogens is 1. The number of hydrogen-bond donors (Lipinski definition) is 1. The van der Waals surface area contributed by atoms with Crippen molar-refractivity contribution in [3.8, 4) is 0 Å². The molecule has 2 heterocycles. The maximum Gasteiger partial charge on any atom is 0.311 e. The second kappa shape index (κ2) is 5.26. The van der Waals surface area contributed by atoms with Gasteiger partial charge in [0.2, 0.25) is 5.82 Å². The van der Waals surface area contributed by atoms with Crippen LogP contribution in [0.5, 0.6) is 0 Å². The summed E-state index contributed by atoms with van der Waals surface area (Å²) in [7, 11) is 1.78. The van der Waals surface area contributed by atoms with Crippen molar-refractivity contribution < 1.29 is 4.92 Å². The summed E-state index contributed by atoms with van der Waals surface area (Å²) in [5, 5.41) is 14.2. The van der Waals surface area contributed by atoms with Crippen LogP contribution in [0, 0.1) is 16.0 Å². The van der Waals surface area contributed by atoms with Gasteiger partial charge < -0.3 is 10.2 Å². The van der Waals surface area contributed by atoms with E-state index >= 15 is 0 Å². The molecule has 0 radical (unpaired) electrons. The molecular formula is C14H20N4O2. The number of anilines is 2. The van der Waals surface area contributed by atoms with Gasteiger partial charge in [0.25, 0.3) is 0 Å². The molecule has 0 amide bonds. The second-order valence-electron chi connectivity index (χ2n) is 5.64. The van der Waals surface area contributed by atoms with Crippen molar-refractivity contribution in [3.63, 3.8) is 0 Å². The Morgan fingerprint density at radius 3 is 2.90 bits per heavy atom. The van der Waals surface area contributed by atoms with Crippen LogP contribution in [0.25, 0.3) is 0 Å². The Bertz CT molecular complexity index is 520. The van der Waals surface area contributed by atoms with E-state index in [-0.39, 0.29) is 10.6 Å². The summed E-state index contributed by atoms with van der Waals surface area (Å²) in [5.74, 6) is 1.91. The third-order valence-corrected chi connectivity index (χ3v) is 4.57. The highest BCUT2D eigenvalue weighted by Gasteiger charge is 2.38. The van der Waals surface area contributed by atoms with Crippen molar-refractivity contribution in [2.45, 2.75) is 38.1 Å². The van der Waals surface area contributed by atoms with E-state index in [9.17, 15) is 10.1 Å². The zero-order chi connectivity index (χ0) is 14.1. The first kappa shape index (κ1) is 13.1. The predicted molar refractivity (Wildman–Crippen MR) is 78.1 cm³/mol. The van der Waals surface area contributed by atoms with E-state index in [1.54, 1.807) is 19.2 Å². The van der Waals surface area contributed by atoms with Gasteiger partial charge in [-0.25, -0.2) is 4.98 Å². The molecule has 20 heavy (non-hydrogen) atoms. The van der Waals surface area contributed by atoms with Gasteiger partial charge in [-0.05, 0) is 37.7 Å². The SMILES string of the molecule is CNc1ccc([N+](=O)[O-])c(N2CCCC3CCCC32)n1. The minimum atomic E-state index is -0.319. The van der Waals surface area contributed by atoms with Crippen molar-refractivity contribution >= 4 is 17.3 Å². The average molecular weight is 276 g/mol. The van der Waals surface area contributed by atoms with E-state index in [1.165, 1.54) is 19.3 Å². The zero-order valence-electron chi connectivity index (χ0n) is 11.7. The number of piperidine rings is 1. The van der Waals surface area contributed by atoms with Crippen molar-refractivity contribution in [3.05, 3.63) is 22.2 Å². The molecule has 1 aromatic heterocycles. The first-order valence-electron chi connectivity index (χ1n) is 7.30. The number of fused-ring (bicyclic) bond motifs is 1. The largest absolute Gasteiger partial charge is 0.373 e. The molecule has 3 rings (SSSR count). The van der Waals surface area contributed by atoms with Crippen LogP contribution in [0.4, 0.5) is 17.3 Å². The van der Waals surface area contributed by atoms with Crippen LogP contribution in [0.15, 0.2) is 12.1 Å². The van der Waals surface area contributed by atoms with E-state index in [0.717, 1.165) is 19.4 Å². The Labute approximate surface area is 118 Å². The molecule has 1 aliphatic carbocycles. The fourth-order valence-corrected chi connectivity index (χ4v) is 3.65. The van der Waals surface area contributed by atoms with E-state index in [4.69, 9.17) is 0 Å². The molecule has 1 aliphatic heterocycles. The van der Waals surface area contributed by atoms with Gasteiger partial charge in [-0.1, -0.05) is 6.42 Å². The second-order valence-corrected chi connectivity index (χ2v) is 5.64. The Morgan fingerprint density at radius 2 is 2.15 bits per heavy atom. The van der Waals surface area contributed by atoms with Gasteiger partial charge in [0.05, 0.1) is 4.92 Å². The maximum atomic E-state index is 11.3. The molecule has 6 heteroatoms. The molecule has 0 bridgehead atoms. The van der Waals surface area contributed by atoms with E-state index in [1.807, 2.05) is 0 Å². The van der Waals surface area contributed by atoms with Crippen LogP contribution in [0.2, 0.25) is 0 Å². The Hall–Kier alpha value is -1.85. The van der Waals surface area contributed by atoms with Gasteiger partial charge >= 0.3 is 5.69 Å². The lowest BCUT2D eigenvalue weighted by atomic mass is 9.92. The van der Waals surface area contributed by atoms with Gasteiger partial charge in [-0.15, -0.1) is 0 Å². The normalized spacial score (nSPS) is 25.4. The van der Waals surface area contributed by atoms with Gasteiger partial charge in [0, 0.05) is 25.7 Å². The quantitative estimate of drug-likeness (QED) is 0.679. The third kappa shape index (κ3) is 2.19. The molecule has 1 saturated heterocycles. The first-order valence-corrected chi connectivity index (χ1v) is 7.30. The number of nitrogens with one attached hydrogen (secondary N) is 1. The summed E-state index contributed by atoms with van der Waals surface area (Å²) in [6.45, 7) is 0.877. The van der Waals surface area contributed by atoms with Gasteiger partial charge in [-0.2, -0.15) is 0 Å². The Morgan fingerprint density at radius 1 is 1.35 bits per heavy atom. The van der Waals surface area contributed by atoms with Crippen molar-refractivity contribution in [2.75, 3.05) is 23.8 Å². The fourth-order valence-electron chi connectivity index (χ4n) is 3.65. The van der Waals surface area contributed by atoms with Crippen LogP contribution in [0.3, 0.4) is 0 Å². The molecule has 2 unspecified atom stereocenters. The van der Waals surface area contributed by atoms with Crippen LogP contribution in [-0.4, -0.2) is 29.5 Å². The lowest BCUT2D eigenvalue weighted by molar-refractivity contribution is -0.384. The average Bonchev–Trinajstić information content (AvgIpc) is 2.94. The summed E-state index contributed by atoms with van der Waals surface area (Å²) in [4.78, 5) is 17.6. The van der Waals surface area contributed by atoms with E-state index in [2.05, 4.69) is 15.2 Å². The van der Waals surface area contributed by atoms with Crippen LogP contribution in [0.1, 0.15) is 32.1 Å². The predicted octanol–water partition coefficient (Wildman–Crippen LogP) is 2.80. The monoisotopic (exact) mass is 276 g/mol. The third-order valence-electron chi connectivity index (χ3n) is 4.57. The van der Waals surface area contributed by atoms with Crippen molar-refractivity contribution in [1.29, 1.82) is 0 Å². The molecule has 2 fully saturated rings. The van der Waals surface area contributed by atoms with Crippen LogP contribution < -0.4 is 10.2 Å². The molecule has 1 N–H and O–H groups in total. The van der Waals surface area contributed by atoms with Crippen LogP contribution >= 0.6 is 0 Å². The highest BCUT2D eigenvalue weighted by Crippen LogP contribution is 2.41. The minimum absolute atomic E-state index is 0.122. The summed E-state index contributed by atoms with van der Waals surface area (Å²) < 4.78 is 0. The zero-order valence-corrected chi connectivity index (χ0v) is 11.7. The van der Waals surface area contributed by atoms with E-state index in [0.29, 0.717) is 23.6 Å². The van der Waals surface area contributed by atoms with Crippen molar-refractivity contribution in [2.24, 2.45) is 5.92 Å². The first-order chi connectivity index (χ1) is 9.70. The topological polar surface area (TPSA) is 71.3 Å². The molecule has 2 aliphatic rings. The molecule has 2 atom stereocenters. The number of hydrogen-bond acceptors (Lipinski definition) is 5. The lowest BCUT2D eigenvalue weighted by Crippen LogP contribution is -2.43. The van der Waals surface area contributed by atoms with Gasteiger partial charge in [-0.3, -0.25) is 10.1 Å².